The minimum atomic E-state index is 0.0601. The minimum absolute atomic E-state index is 0.0601. The lowest BCUT2D eigenvalue weighted by Crippen LogP contribution is -2.12. The van der Waals surface area contributed by atoms with Gasteiger partial charge in [0.25, 0.3) is 5.17 Å². The summed E-state index contributed by atoms with van der Waals surface area (Å²) in [6.45, 7) is 0.395. The summed E-state index contributed by atoms with van der Waals surface area (Å²) in [6.07, 6.45) is 0. The molecular formula is C8H8ClNOS. The predicted octanol–water partition coefficient (Wildman–Crippen LogP) is 2.10. The predicted molar refractivity (Wildman–Crippen MR) is 53.0 cm³/mol. The van der Waals surface area contributed by atoms with Crippen molar-refractivity contribution in [1.82, 2.24) is 0 Å². The topological polar surface area (TPSA) is 35.2 Å². The van der Waals surface area contributed by atoms with Gasteiger partial charge < -0.3 is 10.5 Å². The number of thiocarbonyl (C=S) groups is 1. The molecule has 0 saturated carbocycles. The van der Waals surface area contributed by atoms with Gasteiger partial charge in [-0.2, -0.15) is 0 Å². The van der Waals surface area contributed by atoms with E-state index in [2.05, 4.69) is 12.2 Å². The fourth-order valence-electron chi connectivity index (χ4n) is 0.735. The number of hydrogen-bond acceptors (Lipinski definition) is 2. The van der Waals surface area contributed by atoms with Crippen LogP contribution in [0.1, 0.15) is 5.56 Å². The fraction of sp³-hybridized carbons (Fsp3) is 0.125. The summed E-state index contributed by atoms with van der Waals surface area (Å²) in [7, 11) is 0. The quantitative estimate of drug-likeness (QED) is 0.745. The summed E-state index contributed by atoms with van der Waals surface area (Å²) in [5.41, 5.74) is 6.15. The Hall–Kier alpha value is -0.800. The third-order valence-electron chi connectivity index (χ3n) is 1.29. The van der Waals surface area contributed by atoms with Gasteiger partial charge in [0.05, 0.1) is 0 Å². The largest absolute Gasteiger partial charge is 0.466 e. The standard InChI is InChI=1S/C8H8ClNOS/c9-7-3-1-6(2-4-7)5-11-8(10)12/h1-4H,5H2,(H2,10,12). The molecule has 2 nitrogen and oxygen atoms in total. The number of nitrogens with two attached hydrogens (primary N) is 1. The van der Waals surface area contributed by atoms with E-state index in [0.29, 0.717) is 11.6 Å². The van der Waals surface area contributed by atoms with Gasteiger partial charge in [0.15, 0.2) is 0 Å². The maximum absolute atomic E-state index is 5.68. The van der Waals surface area contributed by atoms with Gasteiger partial charge in [0.1, 0.15) is 6.61 Å². The SMILES string of the molecule is NC(=S)OCc1ccc(Cl)cc1. The van der Waals surface area contributed by atoms with E-state index in [1.165, 1.54) is 0 Å². The third-order valence-corrected chi connectivity index (χ3v) is 1.66. The molecule has 0 aliphatic heterocycles. The van der Waals surface area contributed by atoms with Crippen molar-refractivity contribution in [1.29, 1.82) is 0 Å². The Morgan fingerprint density at radius 1 is 1.42 bits per heavy atom. The lowest BCUT2D eigenvalue weighted by Gasteiger charge is -2.02. The molecule has 0 unspecified atom stereocenters. The van der Waals surface area contributed by atoms with Crippen LogP contribution in [0, 0.1) is 0 Å². The Bertz CT molecular complexity index is 273. The van der Waals surface area contributed by atoms with Crippen molar-refractivity contribution in [2.45, 2.75) is 6.61 Å². The van der Waals surface area contributed by atoms with Crippen molar-refractivity contribution < 1.29 is 4.74 Å². The minimum Gasteiger partial charge on any atom is -0.466 e. The van der Waals surface area contributed by atoms with Gasteiger partial charge in [-0.25, -0.2) is 0 Å². The van der Waals surface area contributed by atoms with Crippen LogP contribution >= 0.6 is 23.8 Å². The highest BCUT2D eigenvalue weighted by molar-refractivity contribution is 7.80. The Morgan fingerprint density at radius 2 is 2.00 bits per heavy atom. The normalized spacial score (nSPS) is 9.42. The molecule has 0 aliphatic rings. The average molecular weight is 202 g/mol. The van der Waals surface area contributed by atoms with Crippen LogP contribution in [0.3, 0.4) is 0 Å². The number of hydrogen-bond donors (Lipinski definition) is 1. The molecule has 64 valence electrons. The van der Waals surface area contributed by atoms with Crippen LogP contribution in [0.5, 0.6) is 0 Å². The molecule has 1 aromatic rings. The molecule has 0 fully saturated rings. The molecule has 0 spiro atoms. The molecule has 12 heavy (non-hydrogen) atoms. The van der Waals surface area contributed by atoms with Crippen LogP contribution in [0.4, 0.5) is 0 Å². The second-order valence-corrected chi connectivity index (χ2v) is 3.07. The lowest BCUT2D eigenvalue weighted by molar-refractivity contribution is 0.296. The average Bonchev–Trinajstić information content (AvgIpc) is 2.03. The first-order valence-corrected chi connectivity index (χ1v) is 4.14. The molecule has 4 heteroatoms. The molecule has 2 N–H and O–H groups in total. The first-order chi connectivity index (χ1) is 5.68. The van der Waals surface area contributed by atoms with Gasteiger partial charge in [-0.05, 0) is 29.9 Å². The van der Waals surface area contributed by atoms with Crippen molar-refractivity contribution in [3.63, 3.8) is 0 Å². The van der Waals surface area contributed by atoms with Gasteiger partial charge >= 0.3 is 0 Å². The molecule has 0 amide bonds. The van der Waals surface area contributed by atoms with Crippen molar-refractivity contribution in [2.24, 2.45) is 5.73 Å². The number of ether oxygens (including phenoxy) is 1. The van der Waals surface area contributed by atoms with Crippen LogP contribution in [-0.4, -0.2) is 5.17 Å². The third kappa shape index (κ3) is 3.07. The zero-order chi connectivity index (χ0) is 8.97. The fourth-order valence-corrected chi connectivity index (χ4v) is 0.920. The molecular weight excluding hydrogens is 194 g/mol. The molecule has 1 rings (SSSR count). The van der Waals surface area contributed by atoms with E-state index in [0.717, 1.165) is 5.56 Å². The number of benzene rings is 1. The lowest BCUT2D eigenvalue weighted by atomic mass is 10.2. The molecule has 0 radical (unpaired) electrons. The Morgan fingerprint density at radius 3 is 2.50 bits per heavy atom. The molecule has 0 heterocycles. The van der Waals surface area contributed by atoms with Crippen molar-refractivity contribution in [3.8, 4) is 0 Å². The van der Waals surface area contributed by atoms with Gasteiger partial charge in [-0.3, -0.25) is 0 Å². The summed E-state index contributed by atoms with van der Waals surface area (Å²) >= 11 is 10.2. The van der Waals surface area contributed by atoms with Crippen molar-refractivity contribution >= 4 is 29.0 Å². The van der Waals surface area contributed by atoms with Gasteiger partial charge in [-0.1, -0.05) is 23.7 Å². The monoisotopic (exact) mass is 201 g/mol. The van der Waals surface area contributed by atoms with E-state index in [4.69, 9.17) is 22.1 Å². The highest BCUT2D eigenvalue weighted by Gasteiger charge is 1.93. The highest BCUT2D eigenvalue weighted by atomic mass is 35.5. The van der Waals surface area contributed by atoms with E-state index in [9.17, 15) is 0 Å². The Kier molecular flexibility index (Phi) is 3.31. The molecule has 0 aliphatic carbocycles. The Balaban J connectivity index is 2.53. The summed E-state index contributed by atoms with van der Waals surface area (Å²) in [6, 6.07) is 7.31. The summed E-state index contributed by atoms with van der Waals surface area (Å²) in [5.74, 6) is 0. The summed E-state index contributed by atoms with van der Waals surface area (Å²) in [4.78, 5) is 0. The van der Waals surface area contributed by atoms with E-state index in [1.807, 2.05) is 12.1 Å². The van der Waals surface area contributed by atoms with Gasteiger partial charge in [-0.15, -0.1) is 0 Å². The van der Waals surface area contributed by atoms with E-state index < -0.39 is 0 Å². The zero-order valence-corrected chi connectivity index (χ0v) is 7.86. The summed E-state index contributed by atoms with van der Waals surface area (Å²) in [5, 5.41) is 0.763. The molecule has 0 saturated heterocycles. The smallest absolute Gasteiger partial charge is 0.254 e. The van der Waals surface area contributed by atoms with Crippen LogP contribution in [0.25, 0.3) is 0 Å². The second kappa shape index (κ2) is 4.28. The van der Waals surface area contributed by atoms with E-state index in [-0.39, 0.29) is 5.17 Å². The summed E-state index contributed by atoms with van der Waals surface area (Å²) < 4.78 is 4.93. The zero-order valence-electron chi connectivity index (χ0n) is 6.29. The van der Waals surface area contributed by atoms with E-state index >= 15 is 0 Å². The number of halogens is 1. The van der Waals surface area contributed by atoms with Crippen LogP contribution in [0.15, 0.2) is 24.3 Å². The first kappa shape index (κ1) is 9.29. The molecule has 1 aromatic carbocycles. The number of rotatable bonds is 2. The van der Waals surface area contributed by atoms with Crippen LogP contribution in [-0.2, 0) is 11.3 Å². The second-order valence-electron chi connectivity index (χ2n) is 2.23. The van der Waals surface area contributed by atoms with Crippen LogP contribution in [0.2, 0.25) is 5.02 Å². The molecule has 0 aromatic heterocycles. The van der Waals surface area contributed by atoms with Crippen molar-refractivity contribution in [3.05, 3.63) is 34.9 Å². The highest BCUT2D eigenvalue weighted by Crippen LogP contribution is 2.09. The molecule has 0 atom stereocenters. The Labute approximate surface area is 81.3 Å². The van der Waals surface area contributed by atoms with Gasteiger partial charge in [0, 0.05) is 5.02 Å². The first-order valence-electron chi connectivity index (χ1n) is 3.35. The van der Waals surface area contributed by atoms with Crippen LogP contribution < -0.4 is 5.73 Å². The maximum atomic E-state index is 5.68. The van der Waals surface area contributed by atoms with E-state index in [1.54, 1.807) is 12.1 Å². The van der Waals surface area contributed by atoms with Gasteiger partial charge in [0.2, 0.25) is 0 Å². The molecule has 0 bridgehead atoms. The van der Waals surface area contributed by atoms with Crippen molar-refractivity contribution in [2.75, 3.05) is 0 Å². The maximum Gasteiger partial charge on any atom is 0.254 e.